The van der Waals surface area contributed by atoms with Gasteiger partial charge in [-0.2, -0.15) is 0 Å². The number of imide groups is 1. The van der Waals surface area contributed by atoms with E-state index in [2.05, 4.69) is 19.2 Å². The summed E-state index contributed by atoms with van der Waals surface area (Å²) in [5.41, 5.74) is 2.48. The lowest BCUT2D eigenvalue weighted by atomic mass is 10.0. The Morgan fingerprint density at radius 1 is 1.09 bits per heavy atom. The second-order valence-corrected chi connectivity index (χ2v) is 8.71. The minimum atomic E-state index is -0.635. The van der Waals surface area contributed by atoms with Crippen LogP contribution in [0.5, 0.6) is 5.75 Å². The predicted molar refractivity (Wildman–Crippen MR) is 130 cm³/mol. The van der Waals surface area contributed by atoms with E-state index in [0.29, 0.717) is 11.3 Å². The molecule has 2 aromatic carbocycles. The molecular formula is C25H26N2O6S. The molecule has 1 aliphatic rings. The molecule has 2 aromatic rings. The Bertz CT molecular complexity index is 1110. The zero-order valence-electron chi connectivity index (χ0n) is 19.2. The van der Waals surface area contributed by atoms with E-state index in [1.165, 1.54) is 0 Å². The summed E-state index contributed by atoms with van der Waals surface area (Å²) in [6.45, 7) is 5.38. The summed E-state index contributed by atoms with van der Waals surface area (Å²) in [6.07, 6.45) is 1.56. The van der Waals surface area contributed by atoms with E-state index in [1.54, 1.807) is 37.3 Å². The second kappa shape index (κ2) is 11.5. The minimum absolute atomic E-state index is 0.154. The first-order chi connectivity index (χ1) is 16.3. The fourth-order valence-electron chi connectivity index (χ4n) is 3.23. The van der Waals surface area contributed by atoms with Gasteiger partial charge in [-0.25, -0.2) is 0 Å². The van der Waals surface area contributed by atoms with Gasteiger partial charge in [-0.3, -0.25) is 24.1 Å². The molecule has 0 unspecified atom stereocenters. The number of carbonyl (C=O) groups is 4. The molecule has 3 amide bonds. The van der Waals surface area contributed by atoms with Crippen LogP contribution in [0, 0.1) is 0 Å². The Labute approximate surface area is 202 Å². The predicted octanol–water partition coefficient (Wildman–Crippen LogP) is 4.43. The van der Waals surface area contributed by atoms with Gasteiger partial charge in [-0.15, -0.1) is 0 Å². The minimum Gasteiger partial charge on any atom is -0.484 e. The Morgan fingerprint density at radius 2 is 1.79 bits per heavy atom. The van der Waals surface area contributed by atoms with Gasteiger partial charge in [-0.1, -0.05) is 44.2 Å². The van der Waals surface area contributed by atoms with Gasteiger partial charge in [0.1, 0.15) is 12.3 Å². The third-order valence-electron chi connectivity index (χ3n) is 4.87. The van der Waals surface area contributed by atoms with Crippen molar-refractivity contribution in [3.63, 3.8) is 0 Å². The number of nitrogens with zero attached hydrogens (tertiary/aromatic N) is 1. The number of amides is 3. The van der Waals surface area contributed by atoms with Crippen LogP contribution < -0.4 is 10.1 Å². The first-order valence-electron chi connectivity index (χ1n) is 10.8. The first-order valence-corrected chi connectivity index (χ1v) is 11.6. The molecule has 0 aromatic heterocycles. The third kappa shape index (κ3) is 6.48. The summed E-state index contributed by atoms with van der Waals surface area (Å²) >= 11 is 0.766. The maximum absolute atomic E-state index is 12.5. The van der Waals surface area contributed by atoms with Crippen molar-refractivity contribution in [1.29, 1.82) is 0 Å². The van der Waals surface area contributed by atoms with Crippen LogP contribution in [0.15, 0.2) is 53.4 Å². The number of hydrogen-bond acceptors (Lipinski definition) is 7. The fraction of sp³-hybridized carbons (Fsp3) is 0.280. The van der Waals surface area contributed by atoms with Crippen LogP contribution in [0.3, 0.4) is 0 Å². The molecule has 1 N–H and O–H groups in total. The van der Waals surface area contributed by atoms with Crippen molar-refractivity contribution >= 4 is 46.5 Å². The molecule has 3 rings (SSSR count). The maximum atomic E-state index is 12.5. The van der Waals surface area contributed by atoms with E-state index in [-0.39, 0.29) is 29.9 Å². The third-order valence-corrected chi connectivity index (χ3v) is 5.78. The molecule has 9 heteroatoms. The topological polar surface area (TPSA) is 102 Å². The molecule has 1 fully saturated rings. The Balaban J connectivity index is 1.57. The van der Waals surface area contributed by atoms with Gasteiger partial charge in [0.25, 0.3) is 17.1 Å². The van der Waals surface area contributed by atoms with Crippen LogP contribution in [-0.4, -0.2) is 47.7 Å². The maximum Gasteiger partial charge on any atom is 0.326 e. The highest BCUT2D eigenvalue weighted by atomic mass is 32.2. The second-order valence-electron chi connectivity index (χ2n) is 7.72. The summed E-state index contributed by atoms with van der Waals surface area (Å²) in [5, 5.41) is 2.35. The number of anilines is 1. The summed E-state index contributed by atoms with van der Waals surface area (Å²) in [7, 11) is 0. The SMILES string of the molecule is CCOC(=O)CN1C(=O)S/C(=C/c2ccc(OCC(=O)Nc3ccccc3C(C)C)cc2)C1=O. The van der Waals surface area contributed by atoms with Gasteiger partial charge in [0, 0.05) is 5.69 Å². The van der Waals surface area contributed by atoms with Crippen molar-refractivity contribution in [2.75, 3.05) is 25.1 Å². The molecule has 0 radical (unpaired) electrons. The lowest BCUT2D eigenvalue weighted by molar-refractivity contribution is -0.146. The molecular weight excluding hydrogens is 456 g/mol. The smallest absolute Gasteiger partial charge is 0.326 e. The highest BCUT2D eigenvalue weighted by molar-refractivity contribution is 8.18. The number of carbonyl (C=O) groups excluding carboxylic acids is 4. The van der Waals surface area contributed by atoms with Gasteiger partial charge in [0.05, 0.1) is 11.5 Å². The van der Waals surface area contributed by atoms with Crippen molar-refractivity contribution in [3.05, 3.63) is 64.6 Å². The quantitative estimate of drug-likeness (QED) is 0.417. The van der Waals surface area contributed by atoms with Crippen LogP contribution in [0.25, 0.3) is 6.08 Å². The highest BCUT2D eigenvalue weighted by Gasteiger charge is 2.36. The molecule has 0 spiro atoms. The van der Waals surface area contributed by atoms with Crippen molar-refractivity contribution in [2.45, 2.75) is 26.7 Å². The summed E-state index contributed by atoms with van der Waals surface area (Å²) in [6, 6.07) is 14.4. The molecule has 34 heavy (non-hydrogen) atoms. The summed E-state index contributed by atoms with van der Waals surface area (Å²) < 4.78 is 10.4. The van der Waals surface area contributed by atoms with E-state index in [0.717, 1.165) is 27.9 Å². The molecule has 1 aliphatic heterocycles. The zero-order chi connectivity index (χ0) is 24.7. The zero-order valence-corrected chi connectivity index (χ0v) is 20.0. The van der Waals surface area contributed by atoms with Crippen molar-refractivity contribution in [1.82, 2.24) is 4.90 Å². The number of hydrogen-bond donors (Lipinski definition) is 1. The standard InChI is InChI=1S/C25H26N2O6S/c1-4-32-23(29)14-27-24(30)21(34-25(27)31)13-17-9-11-18(12-10-17)33-15-22(28)26-20-8-6-5-7-19(20)16(2)3/h5-13,16H,4,14-15H2,1-3H3,(H,26,28)/b21-13+. The average molecular weight is 483 g/mol. The molecule has 1 saturated heterocycles. The number of thioether (sulfide) groups is 1. The van der Waals surface area contributed by atoms with E-state index in [4.69, 9.17) is 9.47 Å². The van der Waals surface area contributed by atoms with E-state index in [1.807, 2.05) is 24.3 Å². The molecule has 0 bridgehead atoms. The molecule has 178 valence electrons. The average Bonchev–Trinajstić information content (AvgIpc) is 3.06. The number of ether oxygens (including phenoxy) is 2. The largest absolute Gasteiger partial charge is 0.484 e. The fourth-order valence-corrected chi connectivity index (χ4v) is 4.07. The van der Waals surface area contributed by atoms with Gasteiger partial charge in [0.15, 0.2) is 6.61 Å². The molecule has 8 nitrogen and oxygen atoms in total. The molecule has 0 atom stereocenters. The van der Waals surface area contributed by atoms with E-state index >= 15 is 0 Å². The van der Waals surface area contributed by atoms with Crippen LogP contribution in [0.2, 0.25) is 0 Å². The van der Waals surface area contributed by atoms with Crippen LogP contribution in [0.1, 0.15) is 37.8 Å². The molecule has 0 saturated carbocycles. The van der Waals surface area contributed by atoms with Gasteiger partial charge >= 0.3 is 5.97 Å². The van der Waals surface area contributed by atoms with E-state index in [9.17, 15) is 19.2 Å². The Hall–Kier alpha value is -3.59. The van der Waals surface area contributed by atoms with E-state index < -0.39 is 23.7 Å². The lowest BCUT2D eigenvalue weighted by Gasteiger charge is -2.14. The summed E-state index contributed by atoms with van der Waals surface area (Å²) in [4.78, 5) is 49.5. The van der Waals surface area contributed by atoms with Crippen molar-refractivity contribution < 1.29 is 28.7 Å². The van der Waals surface area contributed by atoms with Crippen molar-refractivity contribution in [3.8, 4) is 5.75 Å². The van der Waals surface area contributed by atoms with Crippen LogP contribution >= 0.6 is 11.8 Å². The van der Waals surface area contributed by atoms with Gasteiger partial charge in [-0.05, 0) is 60.0 Å². The normalized spacial score (nSPS) is 14.6. The molecule has 0 aliphatic carbocycles. The van der Waals surface area contributed by atoms with Gasteiger partial charge < -0.3 is 14.8 Å². The lowest BCUT2D eigenvalue weighted by Crippen LogP contribution is -2.34. The highest BCUT2D eigenvalue weighted by Crippen LogP contribution is 2.32. The number of rotatable bonds is 9. The number of esters is 1. The first kappa shape index (κ1) is 25.0. The van der Waals surface area contributed by atoms with Crippen LogP contribution in [0.4, 0.5) is 10.5 Å². The number of nitrogens with one attached hydrogen (secondary N) is 1. The van der Waals surface area contributed by atoms with Crippen molar-refractivity contribution in [2.24, 2.45) is 0 Å². The Kier molecular flexibility index (Phi) is 8.48. The van der Waals surface area contributed by atoms with Gasteiger partial charge in [0.2, 0.25) is 0 Å². The number of para-hydroxylation sites is 1. The summed E-state index contributed by atoms with van der Waals surface area (Å²) in [5.74, 6) is -0.685. The monoisotopic (exact) mass is 482 g/mol. The number of benzene rings is 2. The Morgan fingerprint density at radius 3 is 2.47 bits per heavy atom. The van der Waals surface area contributed by atoms with Crippen LogP contribution in [-0.2, 0) is 19.1 Å². The molecule has 1 heterocycles.